The molecule has 0 amide bonds. The molecule has 2 aliphatic rings. The van der Waals surface area contributed by atoms with Crippen molar-refractivity contribution in [1.82, 2.24) is 14.1 Å². The third kappa shape index (κ3) is 2.70. The van der Waals surface area contributed by atoms with Crippen molar-refractivity contribution in [3.63, 3.8) is 0 Å². The number of rotatable bonds is 2. The van der Waals surface area contributed by atoms with Crippen LogP contribution in [0.15, 0.2) is 11.1 Å². The van der Waals surface area contributed by atoms with Gasteiger partial charge in [0.05, 0.1) is 11.3 Å². The van der Waals surface area contributed by atoms with Gasteiger partial charge in [-0.2, -0.15) is 5.10 Å². The maximum Gasteiger partial charge on any atom is 0.161 e. The lowest BCUT2D eigenvalue weighted by Gasteiger charge is -2.37. The van der Waals surface area contributed by atoms with Crippen molar-refractivity contribution < 1.29 is 9.53 Å². The lowest BCUT2D eigenvalue weighted by molar-refractivity contribution is -0.117. The quantitative estimate of drug-likeness (QED) is 0.770. The topological polar surface area (TPSA) is 47.4 Å². The molecule has 5 nitrogen and oxygen atoms in total. The first kappa shape index (κ1) is 13.1. The van der Waals surface area contributed by atoms with Gasteiger partial charge in [0.1, 0.15) is 11.6 Å². The molecule has 0 N–H and O–H groups in total. The van der Waals surface area contributed by atoms with Crippen LogP contribution in [0.4, 0.5) is 0 Å². The van der Waals surface area contributed by atoms with E-state index in [4.69, 9.17) is 4.74 Å². The molecule has 104 valence electrons. The molecule has 2 fully saturated rings. The first-order chi connectivity index (χ1) is 9.06. The lowest BCUT2D eigenvalue weighted by atomic mass is 9.89. The van der Waals surface area contributed by atoms with E-state index in [1.165, 1.54) is 0 Å². The highest BCUT2D eigenvalue weighted by Crippen LogP contribution is 2.37. The summed E-state index contributed by atoms with van der Waals surface area (Å²) in [6.45, 7) is 4.24. The predicted octanol–water partition coefficient (Wildman–Crippen LogP) is 1.56. The number of carbonyl (C=O) groups is 1. The van der Waals surface area contributed by atoms with Crippen molar-refractivity contribution in [2.24, 2.45) is 7.05 Å². The van der Waals surface area contributed by atoms with E-state index < -0.39 is 0 Å². The van der Waals surface area contributed by atoms with Gasteiger partial charge in [-0.3, -0.25) is 9.48 Å². The molecule has 0 unspecified atom stereocenters. The fourth-order valence-electron chi connectivity index (χ4n) is 2.81. The van der Waals surface area contributed by atoms with Gasteiger partial charge in [0.2, 0.25) is 0 Å². The Hall–Kier alpha value is -0.850. The van der Waals surface area contributed by atoms with Gasteiger partial charge < -0.3 is 4.74 Å². The van der Waals surface area contributed by atoms with Gasteiger partial charge in [-0.05, 0) is 37.8 Å². The van der Waals surface area contributed by atoms with Gasteiger partial charge in [-0.15, -0.1) is 0 Å². The molecule has 0 aliphatic carbocycles. The average Bonchev–Trinajstić information content (AvgIpc) is 2.87. The first-order valence-corrected chi connectivity index (χ1v) is 7.43. The average molecular weight is 281 g/mol. The number of ether oxygens (including phenoxy) is 1. The maximum atomic E-state index is 11.4. The third-order valence-corrected chi connectivity index (χ3v) is 5.07. The fraction of sp³-hybridized carbons (Fsp3) is 0.692. The summed E-state index contributed by atoms with van der Waals surface area (Å²) in [6, 6.07) is 2.10. The highest BCUT2D eigenvalue weighted by Gasteiger charge is 2.42. The molecule has 1 aromatic heterocycles. The van der Waals surface area contributed by atoms with E-state index in [1.54, 1.807) is 11.9 Å². The van der Waals surface area contributed by atoms with Gasteiger partial charge in [-0.25, -0.2) is 4.31 Å². The third-order valence-electron chi connectivity index (χ3n) is 3.87. The molecule has 0 bridgehead atoms. The number of hydrogen-bond acceptors (Lipinski definition) is 5. The van der Waals surface area contributed by atoms with Crippen molar-refractivity contribution in [1.29, 1.82) is 0 Å². The molecule has 3 heterocycles. The van der Waals surface area contributed by atoms with Crippen LogP contribution in [0.5, 0.6) is 0 Å². The second kappa shape index (κ2) is 4.92. The number of Topliss-reactive ketones (excluding diaryl/α,β-unsaturated/α-hetero) is 1. The molecule has 2 aliphatic heterocycles. The monoisotopic (exact) mass is 281 g/mol. The summed E-state index contributed by atoms with van der Waals surface area (Å²) in [4.78, 5) is 11.4. The van der Waals surface area contributed by atoms with Crippen LogP contribution in [-0.2, 0) is 16.6 Å². The summed E-state index contributed by atoms with van der Waals surface area (Å²) >= 11 is 1.75. The molecule has 1 aromatic rings. The Morgan fingerprint density at radius 1 is 1.42 bits per heavy atom. The minimum absolute atomic E-state index is 0.156. The largest absolute Gasteiger partial charge is 0.367 e. The van der Waals surface area contributed by atoms with Crippen LogP contribution in [0, 0.1) is 6.92 Å². The van der Waals surface area contributed by atoms with Crippen LogP contribution in [0.25, 0.3) is 0 Å². The van der Waals surface area contributed by atoms with Gasteiger partial charge in [0, 0.05) is 26.6 Å². The minimum atomic E-state index is -0.156. The van der Waals surface area contributed by atoms with Gasteiger partial charge in [0.15, 0.2) is 5.78 Å². The number of piperidine rings is 1. The standard InChI is InChI=1S/C13H19N3O2S/c1-10-7-12(15(2)14-10)19-16-5-3-13(4-6-16)8-11(17)9-18-13/h7H,3-6,8-9H2,1-2H3. The molecule has 1 spiro atoms. The summed E-state index contributed by atoms with van der Waals surface area (Å²) in [5.41, 5.74) is 0.888. The Balaban J connectivity index is 1.59. The molecule has 0 atom stereocenters. The van der Waals surface area contributed by atoms with E-state index in [0.717, 1.165) is 36.7 Å². The Labute approximate surface area is 117 Å². The summed E-state index contributed by atoms with van der Waals surface area (Å²) in [5.74, 6) is 0.253. The van der Waals surface area contributed by atoms with E-state index in [2.05, 4.69) is 15.5 Å². The van der Waals surface area contributed by atoms with Crippen LogP contribution in [0.1, 0.15) is 25.0 Å². The van der Waals surface area contributed by atoms with E-state index in [-0.39, 0.29) is 11.4 Å². The first-order valence-electron chi connectivity index (χ1n) is 6.66. The van der Waals surface area contributed by atoms with E-state index in [9.17, 15) is 4.79 Å². The zero-order chi connectivity index (χ0) is 13.5. The molecular weight excluding hydrogens is 262 g/mol. The van der Waals surface area contributed by atoms with Crippen LogP contribution in [-0.4, -0.2) is 45.2 Å². The smallest absolute Gasteiger partial charge is 0.161 e. The molecular formula is C13H19N3O2S. The number of carbonyl (C=O) groups excluding carboxylic acids is 1. The number of nitrogens with zero attached hydrogens (tertiary/aromatic N) is 3. The van der Waals surface area contributed by atoms with Crippen molar-refractivity contribution in [2.75, 3.05) is 19.7 Å². The summed E-state index contributed by atoms with van der Waals surface area (Å²) < 4.78 is 9.97. The second-order valence-corrected chi connectivity index (χ2v) is 6.57. The van der Waals surface area contributed by atoms with Crippen molar-refractivity contribution in [3.8, 4) is 0 Å². The Morgan fingerprint density at radius 3 is 2.68 bits per heavy atom. The maximum absolute atomic E-state index is 11.4. The van der Waals surface area contributed by atoms with Gasteiger partial charge in [-0.1, -0.05) is 0 Å². The Kier molecular flexibility index (Phi) is 3.41. The van der Waals surface area contributed by atoms with Gasteiger partial charge >= 0.3 is 0 Å². The molecule has 2 saturated heterocycles. The van der Waals surface area contributed by atoms with Crippen LogP contribution < -0.4 is 0 Å². The molecule has 0 saturated carbocycles. The highest BCUT2D eigenvalue weighted by molar-refractivity contribution is 7.97. The molecule has 0 aromatic carbocycles. The minimum Gasteiger partial charge on any atom is -0.367 e. The van der Waals surface area contributed by atoms with Crippen LogP contribution in [0.3, 0.4) is 0 Å². The van der Waals surface area contributed by atoms with Crippen molar-refractivity contribution in [3.05, 3.63) is 11.8 Å². The van der Waals surface area contributed by atoms with Gasteiger partial charge in [0.25, 0.3) is 0 Å². The van der Waals surface area contributed by atoms with E-state index in [0.29, 0.717) is 13.0 Å². The molecule has 0 radical (unpaired) electrons. The highest BCUT2D eigenvalue weighted by atomic mass is 32.2. The molecule has 19 heavy (non-hydrogen) atoms. The second-order valence-electron chi connectivity index (χ2n) is 5.46. The summed E-state index contributed by atoms with van der Waals surface area (Å²) in [6.07, 6.45) is 2.50. The van der Waals surface area contributed by atoms with E-state index in [1.807, 2.05) is 18.7 Å². The van der Waals surface area contributed by atoms with Crippen molar-refractivity contribution in [2.45, 2.75) is 36.8 Å². The van der Waals surface area contributed by atoms with E-state index >= 15 is 0 Å². The fourth-order valence-corrected chi connectivity index (χ4v) is 3.82. The number of hydrogen-bond donors (Lipinski definition) is 0. The lowest BCUT2D eigenvalue weighted by Crippen LogP contribution is -2.41. The summed E-state index contributed by atoms with van der Waals surface area (Å²) in [7, 11) is 1.97. The zero-order valence-corrected chi connectivity index (χ0v) is 12.2. The Morgan fingerprint density at radius 2 is 2.16 bits per heavy atom. The number of ketones is 1. The number of aromatic nitrogens is 2. The van der Waals surface area contributed by atoms with Crippen LogP contribution >= 0.6 is 11.9 Å². The Bertz CT molecular complexity index is 492. The number of aryl methyl sites for hydroxylation is 2. The predicted molar refractivity (Wildman–Crippen MR) is 72.9 cm³/mol. The molecule has 6 heteroatoms. The van der Waals surface area contributed by atoms with Crippen LogP contribution in [0.2, 0.25) is 0 Å². The zero-order valence-electron chi connectivity index (χ0n) is 11.4. The molecule has 3 rings (SSSR count). The normalized spacial score (nSPS) is 23.4. The van der Waals surface area contributed by atoms with Crippen molar-refractivity contribution >= 4 is 17.7 Å². The SMILES string of the molecule is Cc1cc(SN2CCC3(CC2)CC(=O)CO3)n(C)n1. The summed E-state index contributed by atoms with van der Waals surface area (Å²) in [5, 5.41) is 5.52.